The van der Waals surface area contributed by atoms with E-state index in [1.165, 1.54) is 24.3 Å². The van der Waals surface area contributed by atoms with Gasteiger partial charge in [-0.15, -0.1) is 0 Å². The van der Waals surface area contributed by atoms with Crippen LogP contribution in [-0.4, -0.2) is 15.1 Å². The minimum absolute atomic E-state index is 0.0727. The van der Waals surface area contributed by atoms with Crippen LogP contribution in [0.4, 0.5) is 17.1 Å². The smallest absolute Gasteiger partial charge is 0.269 e. The van der Waals surface area contributed by atoms with Crippen LogP contribution in [0.2, 0.25) is 0 Å². The third kappa shape index (κ3) is 4.81. The number of phenolic OH excluding ortho intramolecular Hbond substituents is 1. The average Bonchev–Trinajstić information content (AvgIpc) is 2.80. The van der Waals surface area contributed by atoms with Crippen LogP contribution >= 0.6 is 0 Å². The summed E-state index contributed by atoms with van der Waals surface area (Å²) in [7, 11) is 0. The van der Waals surface area contributed by atoms with Crippen molar-refractivity contribution in [2.24, 2.45) is 10.2 Å². The number of nitrogens with zero attached hydrogens (tertiary/aromatic N) is 3. The molecular formula is C25H21N3O5. The van der Waals surface area contributed by atoms with Crippen LogP contribution in [-0.2, 0) is 0 Å². The Morgan fingerprint density at radius 3 is 2.12 bits per heavy atom. The first-order valence-electron chi connectivity index (χ1n) is 10.2. The number of hydrogen-bond donors (Lipinski definition) is 2. The molecule has 0 radical (unpaired) electrons. The largest absolute Gasteiger partial charge is 0.507 e. The number of aromatic hydroxyl groups is 1. The Morgan fingerprint density at radius 1 is 0.909 bits per heavy atom. The maximum atomic E-state index is 10.9. The molecule has 0 aliphatic carbocycles. The fourth-order valence-corrected chi connectivity index (χ4v) is 3.47. The summed E-state index contributed by atoms with van der Waals surface area (Å²) in [6, 6.07) is 20.1. The van der Waals surface area contributed by atoms with E-state index < -0.39 is 11.2 Å². The van der Waals surface area contributed by atoms with Crippen molar-refractivity contribution in [1.29, 1.82) is 0 Å². The standard InChI is InChI=1S/C25H21N3O5/c1-15-11-19(12-16(2)24(15)29)26-27-23-14-18-6-4-3-5-17(18)13-22(23)25(30)33-21-9-7-20(8-10-21)28(31)32/h3-14,25,29-30H,1-2H3/t25-/m0/s1. The lowest BCUT2D eigenvalue weighted by molar-refractivity contribution is -0.384. The predicted molar refractivity (Wildman–Crippen MR) is 124 cm³/mol. The van der Waals surface area contributed by atoms with Crippen LogP contribution in [0.1, 0.15) is 23.0 Å². The van der Waals surface area contributed by atoms with Crippen LogP contribution in [0.5, 0.6) is 11.5 Å². The summed E-state index contributed by atoms with van der Waals surface area (Å²) in [5.74, 6) is 0.487. The van der Waals surface area contributed by atoms with Gasteiger partial charge in [0, 0.05) is 17.7 Å². The number of non-ortho nitro benzene ring substituents is 1. The van der Waals surface area contributed by atoms with E-state index >= 15 is 0 Å². The quantitative estimate of drug-likeness (QED) is 0.151. The lowest BCUT2D eigenvalue weighted by atomic mass is 10.0. The van der Waals surface area contributed by atoms with Crippen molar-refractivity contribution < 1.29 is 19.9 Å². The molecule has 33 heavy (non-hydrogen) atoms. The van der Waals surface area contributed by atoms with Crippen molar-refractivity contribution in [2.45, 2.75) is 20.1 Å². The second-order valence-corrected chi connectivity index (χ2v) is 7.61. The molecule has 4 aromatic carbocycles. The van der Waals surface area contributed by atoms with Crippen molar-refractivity contribution in [1.82, 2.24) is 0 Å². The van der Waals surface area contributed by atoms with Gasteiger partial charge in [0.25, 0.3) is 5.69 Å². The number of ether oxygens (including phenoxy) is 1. The summed E-state index contributed by atoms with van der Waals surface area (Å²) in [6.07, 6.45) is -1.38. The Hall–Kier alpha value is -4.30. The first kappa shape index (κ1) is 21.9. The molecule has 0 aliphatic rings. The summed E-state index contributed by atoms with van der Waals surface area (Å²) in [6.45, 7) is 3.56. The highest BCUT2D eigenvalue weighted by Gasteiger charge is 2.17. The molecule has 0 spiro atoms. The summed E-state index contributed by atoms with van der Waals surface area (Å²) in [5, 5.41) is 42.1. The number of benzene rings is 4. The highest BCUT2D eigenvalue weighted by atomic mass is 16.6. The third-order valence-corrected chi connectivity index (χ3v) is 5.21. The van der Waals surface area contributed by atoms with E-state index in [0.717, 1.165) is 10.8 Å². The van der Waals surface area contributed by atoms with E-state index in [0.29, 0.717) is 28.1 Å². The minimum atomic E-state index is -1.38. The van der Waals surface area contributed by atoms with Gasteiger partial charge in [0.05, 0.1) is 16.3 Å². The number of rotatable bonds is 6. The van der Waals surface area contributed by atoms with Crippen LogP contribution < -0.4 is 4.74 Å². The molecule has 1 atom stereocenters. The molecule has 2 N–H and O–H groups in total. The lowest BCUT2D eigenvalue weighted by Crippen LogP contribution is -2.07. The number of aliphatic hydroxyl groups excluding tert-OH is 1. The maximum absolute atomic E-state index is 10.9. The highest BCUT2D eigenvalue weighted by molar-refractivity contribution is 5.86. The molecule has 0 heterocycles. The van der Waals surface area contributed by atoms with Gasteiger partial charge < -0.3 is 14.9 Å². The van der Waals surface area contributed by atoms with Crippen LogP contribution in [0, 0.1) is 24.0 Å². The molecule has 0 saturated heterocycles. The summed E-state index contributed by atoms with van der Waals surface area (Å²) < 4.78 is 5.63. The number of nitro groups is 1. The molecular weight excluding hydrogens is 422 g/mol. The topological polar surface area (TPSA) is 118 Å². The Labute approximate surface area is 189 Å². The zero-order chi connectivity index (χ0) is 23.5. The fourth-order valence-electron chi connectivity index (χ4n) is 3.47. The molecule has 0 saturated carbocycles. The van der Waals surface area contributed by atoms with Crippen molar-refractivity contribution in [3.63, 3.8) is 0 Å². The van der Waals surface area contributed by atoms with E-state index in [1.54, 1.807) is 38.1 Å². The minimum Gasteiger partial charge on any atom is -0.507 e. The monoisotopic (exact) mass is 443 g/mol. The van der Waals surface area contributed by atoms with Crippen molar-refractivity contribution in [3.05, 3.63) is 99.6 Å². The van der Waals surface area contributed by atoms with E-state index in [2.05, 4.69) is 10.2 Å². The van der Waals surface area contributed by atoms with Gasteiger partial charge in [-0.05, 0) is 72.1 Å². The zero-order valence-corrected chi connectivity index (χ0v) is 18.0. The molecule has 8 nitrogen and oxygen atoms in total. The van der Waals surface area contributed by atoms with Gasteiger partial charge in [0.2, 0.25) is 6.29 Å². The van der Waals surface area contributed by atoms with E-state index in [4.69, 9.17) is 4.74 Å². The van der Waals surface area contributed by atoms with Crippen LogP contribution in [0.3, 0.4) is 0 Å². The van der Waals surface area contributed by atoms with Gasteiger partial charge in [-0.2, -0.15) is 10.2 Å². The number of aliphatic hydroxyl groups is 1. The highest BCUT2D eigenvalue weighted by Crippen LogP contribution is 2.35. The molecule has 0 aromatic heterocycles. The second-order valence-electron chi connectivity index (χ2n) is 7.61. The normalized spacial score (nSPS) is 12.2. The SMILES string of the molecule is Cc1cc(N=Nc2cc3ccccc3cc2[C@@H](O)Oc2ccc([N+](=O)[O-])cc2)cc(C)c1O. The van der Waals surface area contributed by atoms with E-state index in [9.17, 15) is 20.3 Å². The van der Waals surface area contributed by atoms with Crippen LogP contribution in [0.25, 0.3) is 10.8 Å². The third-order valence-electron chi connectivity index (χ3n) is 5.21. The van der Waals surface area contributed by atoms with Crippen molar-refractivity contribution in [2.75, 3.05) is 0 Å². The maximum Gasteiger partial charge on any atom is 0.269 e. The Kier molecular flexibility index (Phi) is 6.01. The van der Waals surface area contributed by atoms with Gasteiger partial charge in [0.1, 0.15) is 11.5 Å². The zero-order valence-electron chi connectivity index (χ0n) is 18.0. The first-order chi connectivity index (χ1) is 15.8. The van der Waals surface area contributed by atoms with Gasteiger partial charge >= 0.3 is 0 Å². The molecule has 0 unspecified atom stereocenters. The van der Waals surface area contributed by atoms with Gasteiger partial charge in [-0.1, -0.05) is 24.3 Å². The Bertz CT molecular complexity index is 1340. The summed E-state index contributed by atoms with van der Waals surface area (Å²) >= 11 is 0. The molecule has 0 bridgehead atoms. The predicted octanol–water partition coefficient (Wildman–Crippen LogP) is 6.56. The van der Waals surface area contributed by atoms with E-state index in [1.807, 2.05) is 24.3 Å². The lowest BCUT2D eigenvalue weighted by Gasteiger charge is -2.16. The van der Waals surface area contributed by atoms with Gasteiger partial charge in [-0.25, -0.2) is 0 Å². The number of nitro benzene ring substituents is 1. The summed E-state index contributed by atoms with van der Waals surface area (Å²) in [4.78, 5) is 10.3. The number of fused-ring (bicyclic) bond motifs is 1. The van der Waals surface area contributed by atoms with Crippen molar-refractivity contribution >= 4 is 27.8 Å². The molecule has 4 aromatic rings. The first-order valence-corrected chi connectivity index (χ1v) is 10.2. The Balaban J connectivity index is 1.70. The number of hydrogen-bond acceptors (Lipinski definition) is 7. The molecule has 4 rings (SSSR count). The molecule has 0 fully saturated rings. The molecule has 0 aliphatic heterocycles. The number of aryl methyl sites for hydroxylation is 2. The van der Waals surface area contributed by atoms with Crippen LogP contribution in [0.15, 0.2) is 83.0 Å². The number of azo groups is 1. The van der Waals surface area contributed by atoms with Crippen molar-refractivity contribution in [3.8, 4) is 11.5 Å². The molecule has 0 amide bonds. The second kappa shape index (κ2) is 9.05. The molecule has 8 heteroatoms. The van der Waals surface area contributed by atoms with E-state index in [-0.39, 0.29) is 17.2 Å². The Morgan fingerprint density at radius 2 is 1.52 bits per heavy atom. The number of phenols is 1. The molecule has 166 valence electrons. The average molecular weight is 443 g/mol. The summed E-state index contributed by atoms with van der Waals surface area (Å²) in [5.41, 5.74) is 2.66. The van der Waals surface area contributed by atoms with Gasteiger partial charge in [-0.3, -0.25) is 10.1 Å². The fraction of sp³-hybridized carbons (Fsp3) is 0.120. The van der Waals surface area contributed by atoms with Gasteiger partial charge in [0.15, 0.2) is 0 Å².